The lowest BCUT2D eigenvalue weighted by Gasteiger charge is -2.06. The van der Waals surface area contributed by atoms with Crippen LogP contribution in [0.1, 0.15) is 11.1 Å². The predicted octanol–water partition coefficient (Wildman–Crippen LogP) is 2.62. The zero-order chi connectivity index (χ0) is 13.2. The van der Waals surface area contributed by atoms with Gasteiger partial charge in [0.25, 0.3) is 0 Å². The summed E-state index contributed by atoms with van der Waals surface area (Å²) in [5.41, 5.74) is 6.14. The van der Waals surface area contributed by atoms with Crippen molar-refractivity contribution < 1.29 is 13.2 Å². The summed E-state index contributed by atoms with van der Waals surface area (Å²) in [5.74, 6) is 0.248. The third-order valence-electron chi connectivity index (χ3n) is 2.40. The molecule has 0 unspecified atom stereocenters. The molecule has 0 aliphatic heterocycles. The number of hydrogen-bond donors (Lipinski definition) is 1. The first kappa shape index (κ1) is 12.5. The Hall–Kier alpha value is -1.95. The van der Waals surface area contributed by atoms with Crippen LogP contribution in [0.2, 0.25) is 0 Å². The van der Waals surface area contributed by atoms with Gasteiger partial charge in [0.2, 0.25) is 0 Å². The topological polar surface area (TPSA) is 51.8 Å². The number of benzene rings is 1. The number of halogens is 3. The number of alkyl halides is 3. The molecule has 0 bridgehead atoms. The van der Waals surface area contributed by atoms with Crippen molar-refractivity contribution in [3.8, 4) is 11.4 Å². The van der Waals surface area contributed by atoms with Crippen LogP contribution < -0.4 is 5.73 Å². The molecule has 0 saturated heterocycles. The highest BCUT2D eigenvalue weighted by Gasteiger charge is 2.31. The first-order valence-electron chi connectivity index (χ1n) is 5.19. The molecule has 0 aliphatic rings. The molecule has 0 spiro atoms. The summed E-state index contributed by atoms with van der Waals surface area (Å²) < 4.78 is 37.0. The van der Waals surface area contributed by atoms with E-state index in [4.69, 9.17) is 5.73 Å². The number of aromatic nitrogens is 2. The molecular weight excluding hydrogens is 243 g/mol. The second-order valence-corrected chi connectivity index (χ2v) is 3.70. The molecule has 0 saturated carbocycles. The van der Waals surface area contributed by atoms with Crippen LogP contribution in [0, 0.1) is 0 Å². The Bertz CT molecular complexity index is 535. The quantitative estimate of drug-likeness (QED) is 0.895. The van der Waals surface area contributed by atoms with Crippen LogP contribution in [-0.4, -0.2) is 9.97 Å². The number of nitrogens with two attached hydrogens (primary N) is 1. The average molecular weight is 253 g/mol. The van der Waals surface area contributed by atoms with Crippen molar-refractivity contribution in [3.63, 3.8) is 0 Å². The maximum atomic E-state index is 12.3. The Kier molecular flexibility index (Phi) is 3.29. The van der Waals surface area contributed by atoms with Gasteiger partial charge in [-0.25, -0.2) is 9.97 Å². The van der Waals surface area contributed by atoms with E-state index in [0.717, 1.165) is 18.0 Å². The third-order valence-corrected chi connectivity index (χ3v) is 2.40. The summed E-state index contributed by atoms with van der Waals surface area (Å²) in [6.45, 7) is 0.356. The summed E-state index contributed by atoms with van der Waals surface area (Å²) in [6.07, 6.45) is -2.87. The monoisotopic (exact) mass is 253 g/mol. The molecule has 0 aliphatic carbocycles. The summed E-state index contributed by atoms with van der Waals surface area (Å²) in [6, 6.07) is 7.07. The molecule has 94 valence electrons. The van der Waals surface area contributed by atoms with Crippen LogP contribution in [0.4, 0.5) is 13.2 Å². The van der Waals surface area contributed by atoms with Gasteiger partial charge in [-0.3, -0.25) is 0 Å². The van der Waals surface area contributed by atoms with Crippen molar-refractivity contribution in [3.05, 3.63) is 47.8 Å². The summed E-state index contributed by atoms with van der Waals surface area (Å²) in [7, 11) is 0. The van der Waals surface area contributed by atoms with Gasteiger partial charge >= 0.3 is 6.18 Å². The molecule has 18 heavy (non-hydrogen) atoms. The Balaban J connectivity index is 2.34. The van der Waals surface area contributed by atoms with Crippen LogP contribution in [-0.2, 0) is 12.7 Å². The molecule has 1 heterocycles. The van der Waals surface area contributed by atoms with E-state index in [0.29, 0.717) is 12.1 Å². The maximum Gasteiger partial charge on any atom is 0.419 e. The van der Waals surface area contributed by atoms with Gasteiger partial charge in [0.05, 0.1) is 5.56 Å². The summed E-state index contributed by atoms with van der Waals surface area (Å²) >= 11 is 0. The second kappa shape index (κ2) is 4.73. The van der Waals surface area contributed by atoms with Gasteiger partial charge in [0.15, 0.2) is 5.82 Å². The first-order chi connectivity index (χ1) is 8.50. The van der Waals surface area contributed by atoms with Gasteiger partial charge in [-0.2, -0.15) is 13.2 Å². The van der Waals surface area contributed by atoms with Gasteiger partial charge < -0.3 is 5.73 Å². The Morgan fingerprint density at radius 1 is 1.11 bits per heavy atom. The lowest BCUT2D eigenvalue weighted by atomic mass is 10.1. The zero-order valence-electron chi connectivity index (χ0n) is 9.28. The standard InChI is InChI=1S/C12H10F3N3/c13-12(14,15)10-6-17-11(18-7-10)9-3-1-2-8(4-9)5-16/h1-4,6-7H,5,16H2. The SMILES string of the molecule is NCc1cccc(-c2ncc(C(F)(F)F)cn2)c1. The molecular formula is C12H10F3N3. The van der Waals surface area contributed by atoms with Crippen LogP contribution in [0.3, 0.4) is 0 Å². The van der Waals surface area contributed by atoms with E-state index in [1.54, 1.807) is 18.2 Å². The Morgan fingerprint density at radius 2 is 1.78 bits per heavy atom. The first-order valence-corrected chi connectivity index (χ1v) is 5.19. The minimum Gasteiger partial charge on any atom is -0.326 e. The largest absolute Gasteiger partial charge is 0.419 e. The van der Waals surface area contributed by atoms with E-state index in [2.05, 4.69) is 9.97 Å². The van der Waals surface area contributed by atoms with Gasteiger partial charge in [0, 0.05) is 24.5 Å². The Morgan fingerprint density at radius 3 is 2.33 bits per heavy atom. The number of rotatable bonds is 2. The van der Waals surface area contributed by atoms with Crippen LogP contribution in [0.15, 0.2) is 36.7 Å². The normalized spacial score (nSPS) is 11.6. The maximum absolute atomic E-state index is 12.3. The molecule has 2 aromatic rings. The molecule has 1 aromatic carbocycles. The molecule has 2 rings (SSSR count). The fourth-order valence-electron chi connectivity index (χ4n) is 1.46. The lowest BCUT2D eigenvalue weighted by molar-refractivity contribution is -0.138. The average Bonchev–Trinajstić information content (AvgIpc) is 2.38. The lowest BCUT2D eigenvalue weighted by Crippen LogP contribution is -2.06. The van der Waals surface area contributed by atoms with Gasteiger partial charge in [-0.15, -0.1) is 0 Å². The predicted molar refractivity (Wildman–Crippen MR) is 60.4 cm³/mol. The van der Waals surface area contributed by atoms with E-state index < -0.39 is 11.7 Å². The highest BCUT2D eigenvalue weighted by Crippen LogP contribution is 2.28. The highest BCUT2D eigenvalue weighted by atomic mass is 19.4. The van der Waals surface area contributed by atoms with E-state index in [1.807, 2.05) is 6.07 Å². The second-order valence-electron chi connectivity index (χ2n) is 3.70. The van der Waals surface area contributed by atoms with E-state index in [1.165, 1.54) is 0 Å². The molecule has 6 heteroatoms. The number of hydrogen-bond acceptors (Lipinski definition) is 3. The molecule has 2 N–H and O–H groups in total. The molecule has 0 amide bonds. The van der Waals surface area contributed by atoms with E-state index in [9.17, 15) is 13.2 Å². The Labute approximate surface area is 101 Å². The fourth-order valence-corrected chi connectivity index (χ4v) is 1.46. The minimum absolute atomic E-state index is 0.248. The van der Waals surface area contributed by atoms with Crippen molar-refractivity contribution in [1.82, 2.24) is 9.97 Å². The van der Waals surface area contributed by atoms with Crippen molar-refractivity contribution in [2.45, 2.75) is 12.7 Å². The van der Waals surface area contributed by atoms with Crippen LogP contribution >= 0.6 is 0 Å². The van der Waals surface area contributed by atoms with Crippen LogP contribution in [0.25, 0.3) is 11.4 Å². The van der Waals surface area contributed by atoms with Gasteiger partial charge in [-0.1, -0.05) is 18.2 Å². The van der Waals surface area contributed by atoms with E-state index >= 15 is 0 Å². The smallest absolute Gasteiger partial charge is 0.326 e. The molecule has 0 radical (unpaired) electrons. The van der Waals surface area contributed by atoms with Crippen molar-refractivity contribution in [2.24, 2.45) is 5.73 Å². The minimum atomic E-state index is -4.42. The molecule has 0 fully saturated rings. The molecule has 0 atom stereocenters. The van der Waals surface area contributed by atoms with Crippen molar-refractivity contribution in [1.29, 1.82) is 0 Å². The molecule has 1 aromatic heterocycles. The van der Waals surface area contributed by atoms with Crippen molar-refractivity contribution >= 4 is 0 Å². The van der Waals surface area contributed by atoms with Crippen molar-refractivity contribution in [2.75, 3.05) is 0 Å². The van der Waals surface area contributed by atoms with E-state index in [-0.39, 0.29) is 5.82 Å². The van der Waals surface area contributed by atoms with Crippen LogP contribution in [0.5, 0.6) is 0 Å². The van der Waals surface area contributed by atoms with Gasteiger partial charge in [-0.05, 0) is 11.6 Å². The van der Waals surface area contributed by atoms with Gasteiger partial charge in [0.1, 0.15) is 0 Å². The third kappa shape index (κ3) is 2.65. The zero-order valence-corrected chi connectivity index (χ0v) is 9.28. The number of nitrogens with zero attached hydrogens (tertiary/aromatic N) is 2. The summed E-state index contributed by atoms with van der Waals surface area (Å²) in [5, 5.41) is 0. The molecule has 3 nitrogen and oxygen atoms in total. The summed E-state index contributed by atoms with van der Waals surface area (Å²) in [4.78, 5) is 7.44. The highest BCUT2D eigenvalue weighted by molar-refractivity contribution is 5.55. The fraction of sp³-hybridized carbons (Fsp3) is 0.167.